The third-order valence-electron chi connectivity index (χ3n) is 3.89. The number of fused-ring (bicyclic) bond motifs is 3. The predicted octanol–water partition coefficient (Wildman–Crippen LogP) is 7.04. The molecule has 1 heteroatoms. The molecule has 1 heterocycles. The van der Waals surface area contributed by atoms with Crippen molar-refractivity contribution in [3.63, 3.8) is 0 Å². The van der Waals surface area contributed by atoms with Crippen LogP contribution in [-0.2, 0) is 0 Å². The lowest BCUT2D eigenvalue weighted by Gasteiger charge is -2.10. The summed E-state index contributed by atoms with van der Waals surface area (Å²) >= 11 is 0. The van der Waals surface area contributed by atoms with Gasteiger partial charge in [0.25, 0.3) is 0 Å². The lowest BCUT2D eigenvalue weighted by atomic mass is 10.2. The molecule has 2 aromatic carbocycles. The Morgan fingerprint density at radius 3 is 1.87 bits per heavy atom. The van der Waals surface area contributed by atoms with E-state index in [-0.39, 0.29) is 0 Å². The number of benzene rings is 2. The Bertz CT molecular complexity index is 765. The number of allylic oxidation sites excluding steroid dienone is 4. The first-order valence-corrected chi connectivity index (χ1v) is 8.71. The number of hydrogen-bond donors (Lipinski definition) is 0. The second kappa shape index (κ2) is 8.38. The summed E-state index contributed by atoms with van der Waals surface area (Å²) in [6.45, 7) is 8.38. The Morgan fingerprint density at radius 2 is 1.39 bits per heavy atom. The van der Waals surface area contributed by atoms with Crippen molar-refractivity contribution in [3.8, 4) is 0 Å². The standard InChI is InChI=1S/C20H21N.C2H6/c1-3-5-6-11-16(4-2)21-19-14-9-7-12-17(19)18-13-8-10-15-20(18)21;1-2/h5-15H,3-4H2,1-2H3;1-2H3/b6-5-,16-11+;. The van der Waals surface area contributed by atoms with Crippen molar-refractivity contribution < 1.29 is 0 Å². The van der Waals surface area contributed by atoms with Crippen LogP contribution in [0, 0.1) is 0 Å². The topological polar surface area (TPSA) is 4.93 Å². The molecule has 0 N–H and O–H groups in total. The van der Waals surface area contributed by atoms with Gasteiger partial charge in [0.05, 0.1) is 11.0 Å². The molecule has 0 radical (unpaired) electrons. The third-order valence-corrected chi connectivity index (χ3v) is 3.89. The van der Waals surface area contributed by atoms with Gasteiger partial charge in [0, 0.05) is 16.5 Å². The van der Waals surface area contributed by atoms with Crippen LogP contribution < -0.4 is 0 Å². The number of para-hydroxylation sites is 2. The number of hydrogen-bond acceptors (Lipinski definition) is 0. The van der Waals surface area contributed by atoms with E-state index in [2.05, 4.69) is 85.2 Å². The number of aromatic nitrogens is 1. The van der Waals surface area contributed by atoms with Crippen LogP contribution in [0.15, 0.2) is 66.8 Å². The Labute approximate surface area is 139 Å². The monoisotopic (exact) mass is 305 g/mol. The van der Waals surface area contributed by atoms with Crippen molar-refractivity contribution in [1.82, 2.24) is 4.57 Å². The van der Waals surface area contributed by atoms with Crippen LogP contribution >= 0.6 is 0 Å². The Morgan fingerprint density at radius 1 is 0.870 bits per heavy atom. The largest absolute Gasteiger partial charge is 0.313 e. The Hall–Kier alpha value is -2.28. The van der Waals surface area contributed by atoms with Gasteiger partial charge in [0.1, 0.15) is 0 Å². The van der Waals surface area contributed by atoms with E-state index in [1.807, 2.05) is 13.8 Å². The molecular weight excluding hydrogens is 278 g/mol. The molecule has 0 saturated heterocycles. The molecule has 0 spiro atoms. The van der Waals surface area contributed by atoms with Crippen LogP contribution in [0.1, 0.15) is 40.5 Å². The van der Waals surface area contributed by atoms with Crippen molar-refractivity contribution in [2.24, 2.45) is 0 Å². The molecular formula is C22H27N. The molecule has 0 aliphatic heterocycles. The highest BCUT2D eigenvalue weighted by atomic mass is 15.0. The van der Waals surface area contributed by atoms with Gasteiger partial charge in [-0.1, -0.05) is 76.2 Å². The van der Waals surface area contributed by atoms with E-state index in [0.29, 0.717) is 0 Å². The summed E-state index contributed by atoms with van der Waals surface area (Å²) in [5.41, 5.74) is 3.91. The summed E-state index contributed by atoms with van der Waals surface area (Å²) in [6.07, 6.45) is 8.69. The molecule has 0 bridgehead atoms. The Kier molecular flexibility index (Phi) is 6.22. The van der Waals surface area contributed by atoms with Gasteiger partial charge in [0.15, 0.2) is 0 Å². The van der Waals surface area contributed by atoms with Crippen molar-refractivity contribution in [2.75, 3.05) is 0 Å². The molecule has 3 aromatic rings. The molecule has 0 amide bonds. The summed E-state index contributed by atoms with van der Waals surface area (Å²) in [6, 6.07) is 17.3. The second-order valence-corrected chi connectivity index (χ2v) is 5.22. The highest BCUT2D eigenvalue weighted by Gasteiger charge is 2.11. The highest BCUT2D eigenvalue weighted by molar-refractivity contribution is 6.09. The number of rotatable bonds is 4. The molecule has 0 atom stereocenters. The average molecular weight is 305 g/mol. The summed E-state index contributed by atoms with van der Waals surface area (Å²) in [5.74, 6) is 0. The fourth-order valence-electron chi connectivity index (χ4n) is 2.90. The predicted molar refractivity (Wildman–Crippen MR) is 105 cm³/mol. The maximum atomic E-state index is 2.39. The summed E-state index contributed by atoms with van der Waals surface area (Å²) in [5, 5.41) is 2.65. The molecule has 120 valence electrons. The van der Waals surface area contributed by atoms with Crippen molar-refractivity contribution in [3.05, 3.63) is 66.8 Å². The lowest BCUT2D eigenvalue weighted by Crippen LogP contribution is -1.95. The Balaban J connectivity index is 0.000000924. The van der Waals surface area contributed by atoms with Gasteiger partial charge in [-0.3, -0.25) is 0 Å². The van der Waals surface area contributed by atoms with Gasteiger partial charge in [-0.15, -0.1) is 0 Å². The fraction of sp³-hybridized carbons (Fsp3) is 0.273. The van der Waals surface area contributed by atoms with Crippen molar-refractivity contribution in [2.45, 2.75) is 40.5 Å². The van der Waals surface area contributed by atoms with Crippen molar-refractivity contribution in [1.29, 1.82) is 0 Å². The van der Waals surface area contributed by atoms with Gasteiger partial charge < -0.3 is 4.57 Å². The van der Waals surface area contributed by atoms with Gasteiger partial charge in [-0.25, -0.2) is 0 Å². The van der Waals surface area contributed by atoms with E-state index < -0.39 is 0 Å². The summed E-state index contributed by atoms with van der Waals surface area (Å²) in [7, 11) is 0. The normalized spacial score (nSPS) is 11.9. The minimum absolute atomic E-state index is 1.01. The fourth-order valence-corrected chi connectivity index (χ4v) is 2.90. The van der Waals surface area contributed by atoms with E-state index in [0.717, 1.165) is 12.8 Å². The quantitative estimate of drug-likeness (QED) is 0.456. The number of nitrogens with zero attached hydrogens (tertiary/aromatic N) is 1. The third kappa shape index (κ3) is 3.39. The van der Waals surface area contributed by atoms with Crippen LogP contribution in [0.3, 0.4) is 0 Å². The molecule has 0 unspecified atom stereocenters. The maximum Gasteiger partial charge on any atom is 0.0537 e. The molecule has 0 aliphatic carbocycles. The minimum Gasteiger partial charge on any atom is -0.313 e. The van der Waals surface area contributed by atoms with Gasteiger partial charge in [-0.2, -0.15) is 0 Å². The smallest absolute Gasteiger partial charge is 0.0537 e. The van der Waals surface area contributed by atoms with E-state index in [1.54, 1.807) is 0 Å². The van der Waals surface area contributed by atoms with Crippen LogP contribution in [0.4, 0.5) is 0 Å². The highest BCUT2D eigenvalue weighted by Crippen LogP contribution is 2.32. The van der Waals surface area contributed by atoms with Crippen LogP contribution in [0.2, 0.25) is 0 Å². The lowest BCUT2D eigenvalue weighted by molar-refractivity contribution is 1.08. The molecule has 3 rings (SSSR count). The second-order valence-electron chi connectivity index (χ2n) is 5.22. The average Bonchev–Trinajstić information content (AvgIpc) is 2.95. The van der Waals surface area contributed by atoms with Gasteiger partial charge in [-0.05, 0) is 31.1 Å². The first-order chi connectivity index (χ1) is 11.4. The first-order valence-electron chi connectivity index (χ1n) is 8.71. The van der Waals surface area contributed by atoms with E-state index in [9.17, 15) is 0 Å². The van der Waals surface area contributed by atoms with Gasteiger partial charge >= 0.3 is 0 Å². The SMILES string of the molecule is CC.CC/C=C\C=C(/CC)n1c2ccccc2c2ccccc21. The van der Waals surface area contributed by atoms with Crippen molar-refractivity contribution >= 4 is 27.5 Å². The maximum absolute atomic E-state index is 2.39. The minimum atomic E-state index is 1.01. The molecule has 1 nitrogen and oxygen atoms in total. The molecule has 0 fully saturated rings. The first kappa shape index (κ1) is 17.1. The molecule has 0 aliphatic rings. The van der Waals surface area contributed by atoms with Crippen LogP contribution in [0.25, 0.3) is 27.5 Å². The summed E-state index contributed by atoms with van der Waals surface area (Å²) in [4.78, 5) is 0. The zero-order chi connectivity index (χ0) is 16.7. The molecule has 1 aromatic heterocycles. The van der Waals surface area contributed by atoms with E-state index in [4.69, 9.17) is 0 Å². The van der Waals surface area contributed by atoms with Gasteiger partial charge in [0.2, 0.25) is 0 Å². The zero-order valence-corrected chi connectivity index (χ0v) is 14.7. The van der Waals surface area contributed by atoms with Crippen LogP contribution in [0.5, 0.6) is 0 Å². The zero-order valence-electron chi connectivity index (χ0n) is 14.7. The van der Waals surface area contributed by atoms with Crippen LogP contribution in [-0.4, -0.2) is 4.57 Å². The van der Waals surface area contributed by atoms with E-state index >= 15 is 0 Å². The summed E-state index contributed by atoms with van der Waals surface area (Å²) < 4.78 is 2.39. The van der Waals surface area contributed by atoms with E-state index in [1.165, 1.54) is 27.5 Å². The molecule has 23 heavy (non-hydrogen) atoms. The molecule has 0 saturated carbocycles.